The molecule has 1 aliphatic carbocycles. The van der Waals surface area contributed by atoms with Gasteiger partial charge in [-0.3, -0.25) is 14.4 Å². The van der Waals surface area contributed by atoms with E-state index in [0.29, 0.717) is 69.3 Å². The van der Waals surface area contributed by atoms with E-state index in [0.717, 1.165) is 37.2 Å². The van der Waals surface area contributed by atoms with Crippen molar-refractivity contribution in [1.82, 2.24) is 15.2 Å². The van der Waals surface area contributed by atoms with Crippen LogP contribution < -0.4 is 20.4 Å². The van der Waals surface area contributed by atoms with Gasteiger partial charge in [0.25, 0.3) is 11.8 Å². The molecule has 3 aliphatic rings. The summed E-state index contributed by atoms with van der Waals surface area (Å²) < 4.78 is 5.52. The molecule has 0 radical (unpaired) electrons. The van der Waals surface area contributed by atoms with Gasteiger partial charge in [-0.1, -0.05) is 12.1 Å². The maximum atomic E-state index is 13.2. The van der Waals surface area contributed by atoms with Crippen LogP contribution in [0.15, 0.2) is 53.1 Å². The van der Waals surface area contributed by atoms with Gasteiger partial charge in [0.2, 0.25) is 5.91 Å². The average molecular weight is 573 g/mol. The highest BCUT2D eigenvalue weighted by atomic mass is 16.3. The number of carbonyl (C=O) groups excluding carboxylic acids is 3. The number of oxazole rings is 1. The molecule has 11 nitrogen and oxygen atoms in total. The van der Waals surface area contributed by atoms with Crippen molar-refractivity contribution in [3.63, 3.8) is 0 Å². The molecule has 0 bridgehead atoms. The van der Waals surface area contributed by atoms with E-state index in [-0.39, 0.29) is 29.2 Å². The Hall–Kier alpha value is -4.54. The van der Waals surface area contributed by atoms with Crippen LogP contribution >= 0.6 is 0 Å². The number of phenols is 1. The number of piperazine rings is 1. The van der Waals surface area contributed by atoms with E-state index in [4.69, 9.17) is 4.42 Å². The van der Waals surface area contributed by atoms with Gasteiger partial charge in [-0.15, -0.1) is 0 Å². The second-order valence-electron chi connectivity index (χ2n) is 11.1. The lowest BCUT2D eigenvalue weighted by molar-refractivity contribution is -0.127. The van der Waals surface area contributed by atoms with Gasteiger partial charge in [0, 0.05) is 63.7 Å². The highest BCUT2D eigenvalue weighted by molar-refractivity contribution is 6.06. The fourth-order valence-corrected chi connectivity index (χ4v) is 5.58. The second-order valence-corrected chi connectivity index (χ2v) is 11.1. The first-order chi connectivity index (χ1) is 20.5. The standard InChI is InChI=1S/C31H36N6O5/c38-27-6-2-1-5-26(27)36-17-15-35(16-18-36)25-11-10-22(29(40)32-12-4-14-37-13-3-7-28(37)39)19-23(25)33-30(41)24-20-42-31(34-24)21-8-9-21/h1-2,5-6,10-11,19-21,38H,3-4,7-9,12-18H2,(H,32,40)(H,33,41). The number of hydrogen-bond donors (Lipinski definition) is 3. The highest BCUT2D eigenvalue weighted by Gasteiger charge is 2.30. The summed E-state index contributed by atoms with van der Waals surface area (Å²) in [7, 11) is 0. The maximum Gasteiger partial charge on any atom is 0.277 e. The predicted molar refractivity (Wildman–Crippen MR) is 158 cm³/mol. The molecule has 0 spiro atoms. The smallest absolute Gasteiger partial charge is 0.277 e. The minimum absolute atomic E-state index is 0.176. The topological polar surface area (TPSA) is 131 Å². The molecule has 2 saturated heterocycles. The van der Waals surface area contributed by atoms with Gasteiger partial charge in [-0.05, 0) is 56.0 Å². The van der Waals surface area contributed by atoms with Crippen LogP contribution in [0.2, 0.25) is 0 Å². The summed E-state index contributed by atoms with van der Waals surface area (Å²) in [6.07, 6.45) is 5.60. The number of nitrogens with one attached hydrogen (secondary N) is 2. The molecule has 3 heterocycles. The maximum absolute atomic E-state index is 13.2. The molecule has 2 aliphatic heterocycles. The monoisotopic (exact) mass is 572 g/mol. The minimum atomic E-state index is -0.396. The number of aromatic nitrogens is 1. The van der Waals surface area contributed by atoms with Crippen LogP contribution in [0.1, 0.15) is 64.8 Å². The van der Waals surface area contributed by atoms with Crippen LogP contribution in [0.5, 0.6) is 5.75 Å². The van der Waals surface area contributed by atoms with Gasteiger partial charge in [0.15, 0.2) is 11.6 Å². The number of rotatable bonds is 10. The van der Waals surface area contributed by atoms with Crippen molar-refractivity contribution in [3.05, 3.63) is 65.9 Å². The lowest BCUT2D eigenvalue weighted by atomic mass is 10.1. The fraction of sp³-hybridized carbons (Fsp3) is 0.419. The first kappa shape index (κ1) is 27.6. The van der Waals surface area contributed by atoms with Gasteiger partial charge in [0.1, 0.15) is 12.0 Å². The Morgan fingerprint density at radius 1 is 0.976 bits per heavy atom. The highest BCUT2D eigenvalue weighted by Crippen LogP contribution is 2.39. The molecule has 6 rings (SSSR count). The Balaban J connectivity index is 1.15. The van der Waals surface area contributed by atoms with Crippen molar-refractivity contribution in [2.75, 3.05) is 60.9 Å². The van der Waals surface area contributed by atoms with E-state index >= 15 is 0 Å². The van der Waals surface area contributed by atoms with Crippen molar-refractivity contribution in [1.29, 1.82) is 0 Å². The lowest BCUT2D eigenvalue weighted by Gasteiger charge is -2.38. The quantitative estimate of drug-likeness (QED) is 0.314. The van der Waals surface area contributed by atoms with E-state index in [1.807, 2.05) is 23.1 Å². The molecule has 3 aromatic rings. The van der Waals surface area contributed by atoms with E-state index in [2.05, 4.69) is 25.4 Å². The number of anilines is 3. The molecule has 11 heteroatoms. The number of benzene rings is 2. The van der Waals surface area contributed by atoms with Gasteiger partial charge in [-0.25, -0.2) is 4.98 Å². The molecular weight excluding hydrogens is 536 g/mol. The first-order valence-electron chi connectivity index (χ1n) is 14.7. The normalized spacial score (nSPS) is 17.0. The fourth-order valence-electron chi connectivity index (χ4n) is 5.58. The number of hydrogen-bond acceptors (Lipinski definition) is 8. The van der Waals surface area contributed by atoms with E-state index in [1.54, 1.807) is 24.3 Å². The zero-order chi connectivity index (χ0) is 29.1. The van der Waals surface area contributed by atoms with Crippen LogP contribution in [-0.2, 0) is 4.79 Å². The lowest BCUT2D eigenvalue weighted by Crippen LogP contribution is -2.46. The number of aromatic hydroxyl groups is 1. The summed E-state index contributed by atoms with van der Waals surface area (Å²) in [5.41, 5.74) is 2.75. The van der Waals surface area contributed by atoms with Crippen molar-refractivity contribution in [2.45, 2.75) is 38.0 Å². The van der Waals surface area contributed by atoms with E-state index < -0.39 is 5.91 Å². The van der Waals surface area contributed by atoms with E-state index in [1.165, 1.54) is 6.26 Å². The van der Waals surface area contributed by atoms with Gasteiger partial charge in [-0.2, -0.15) is 0 Å². The van der Waals surface area contributed by atoms with Crippen LogP contribution in [0.25, 0.3) is 0 Å². The van der Waals surface area contributed by atoms with Crippen LogP contribution in [0.3, 0.4) is 0 Å². The molecule has 1 saturated carbocycles. The molecule has 3 N–H and O–H groups in total. The Kier molecular flexibility index (Phi) is 7.98. The summed E-state index contributed by atoms with van der Waals surface area (Å²) in [5, 5.41) is 16.2. The SMILES string of the molecule is O=C(NCCCN1CCCC1=O)c1ccc(N2CCN(c3ccccc3O)CC2)c(NC(=O)c2coc(C3CC3)n2)c1. The van der Waals surface area contributed by atoms with Crippen LogP contribution in [-0.4, -0.2) is 78.5 Å². The average Bonchev–Trinajstić information content (AvgIpc) is 3.59. The predicted octanol–water partition coefficient (Wildman–Crippen LogP) is 3.58. The molecule has 0 unspecified atom stereocenters. The Labute approximate surface area is 244 Å². The zero-order valence-electron chi connectivity index (χ0n) is 23.6. The Morgan fingerprint density at radius 2 is 1.74 bits per heavy atom. The molecule has 220 valence electrons. The van der Waals surface area contributed by atoms with Crippen LogP contribution in [0, 0.1) is 0 Å². The number of para-hydroxylation sites is 2. The summed E-state index contributed by atoms with van der Waals surface area (Å²) in [4.78, 5) is 48.6. The number of likely N-dealkylation sites (tertiary alicyclic amines) is 1. The summed E-state index contributed by atoms with van der Waals surface area (Å²) >= 11 is 0. The summed E-state index contributed by atoms with van der Waals surface area (Å²) in [6, 6.07) is 12.6. The summed E-state index contributed by atoms with van der Waals surface area (Å²) in [6.45, 7) is 4.55. The molecule has 1 aromatic heterocycles. The van der Waals surface area contributed by atoms with Crippen molar-refractivity contribution in [3.8, 4) is 5.75 Å². The van der Waals surface area contributed by atoms with Gasteiger partial charge >= 0.3 is 0 Å². The second kappa shape index (κ2) is 12.1. The van der Waals surface area contributed by atoms with Crippen LogP contribution in [0.4, 0.5) is 17.1 Å². The van der Waals surface area contributed by atoms with Crippen molar-refractivity contribution >= 4 is 34.8 Å². The van der Waals surface area contributed by atoms with Crippen molar-refractivity contribution < 1.29 is 23.9 Å². The number of amides is 3. The molecule has 3 amide bonds. The summed E-state index contributed by atoms with van der Waals surface area (Å²) in [5.74, 6) is 0.663. The third-order valence-electron chi connectivity index (χ3n) is 8.09. The number of carbonyl (C=O) groups is 3. The zero-order valence-corrected chi connectivity index (χ0v) is 23.6. The van der Waals surface area contributed by atoms with Gasteiger partial charge < -0.3 is 34.9 Å². The Morgan fingerprint density at radius 3 is 2.45 bits per heavy atom. The number of phenolic OH excluding ortho intramolecular Hbond substituents is 1. The molecule has 42 heavy (non-hydrogen) atoms. The van der Waals surface area contributed by atoms with Crippen molar-refractivity contribution in [2.24, 2.45) is 0 Å². The van der Waals surface area contributed by atoms with E-state index in [9.17, 15) is 19.5 Å². The molecular formula is C31H36N6O5. The largest absolute Gasteiger partial charge is 0.506 e. The van der Waals surface area contributed by atoms with Gasteiger partial charge in [0.05, 0.1) is 17.1 Å². The minimum Gasteiger partial charge on any atom is -0.506 e. The Bertz CT molecular complexity index is 1460. The third kappa shape index (κ3) is 6.19. The molecule has 0 atom stereocenters. The molecule has 3 fully saturated rings. The molecule has 2 aromatic carbocycles. The number of nitrogens with zero attached hydrogens (tertiary/aromatic N) is 4. The first-order valence-corrected chi connectivity index (χ1v) is 14.7. The third-order valence-corrected chi connectivity index (χ3v) is 8.09.